The average molecular weight is 415 g/mol. The molecule has 3 aromatic rings. The summed E-state index contributed by atoms with van der Waals surface area (Å²) < 4.78 is 5.31. The lowest BCUT2D eigenvalue weighted by Crippen LogP contribution is -2.40. The minimum absolute atomic E-state index is 0.0620. The Morgan fingerprint density at radius 3 is 2.59 bits per heavy atom. The lowest BCUT2D eigenvalue weighted by Gasteiger charge is -2.32. The van der Waals surface area contributed by atoms with Gasteiger partial charge < -0.3 is 19.5 Å². The molecule has 1 amide bonds. The van der Waals surface area contributed by atoms with E-state index in [-0.39, 0.29) is 17.4 Å². The van der Waals surface area contributed by atoms with Crippen LogP contribution in [0, 0.1) is 0 Å². The number of aromatic amines is 1. The molecule has 9 heteroatoms. The zero-order valence-corrected chi connectivity index (χ0v) is 16.2. The molecule has 0 saturated carbocycles. The third-order valence-electron chi connectivity index (χ3n) is 5.06. The van der Waals surface area contributed by atoms with Crippen LogP contribution in [-0.2, 0) is 4.79 Å². The largest absolute Gasteiger partial charge is 0.378 e. The summed E-state index contributed by atoms with van der Waals surface area (Å²) in [4.78, 5) is 32.4. The van der Waals surface area contributed by atoms with Gasteiger partial charge in [-0.25, -0.2) is 0 Å². The van der Waals surface area contributed by atoms with Gasteiger partial charge in [0.1, 0.15) is 0 Å². The van der Waals surface area contributed by atoms with Crippen LogP contribution in [0.2, 0.25) is 5.02 Å². The fourth-order valence-electron chi connectivity index (χ4n) is 3.38. The van der Waals surface area contributed by atoms with Crippen LogP contribution < -0.4 is 5.56 Å². The number of amides is 1. The molecule has 0 bridgehead atoms. The number of nitrogens with zero attached hydrogens (tertiary/aromatic N) is 3. The molecule has 0 radical (unpaired) electrons. The number of rotatable bonds is 4. The number of likely N-dealkylation sites (tertiary alicyclic amines) is 1. The molecule has 29 heavy (non-hydrogen) atoms. The molecule has 1 aliphatic rings. The van der Waals surface area contributed by atoms with Gasteiger partial charge in [-0.05, 0) is 36.6 Å². The third-order valence-corrected chi connectivity index (χ3v) is 5.32. The third kappa shape index (κ3) is 4.23. The van der Waals surface area contributed by atoms with Crippen molar-refractivity contribution in [3.63, 3.8) is 0 Å². The number of carbonyl (C=O) groups excluding carboxylic acids is 1. The van der Waals surface area contributed by atoms with Crippen LogP contribution in [0.25, 0.3) is 11.5 Å². The highest BCUT2D eigenvalue weighted by molar-refractivity contribution is 6.30. The van der Waals surface area contributed by atoms with Crippen LogP contribution in [-0.4, -0.2) is 44.1 Å². The van der Waals surface area contributed by atoms with Gasteiger partial charge in [0.25, 0.3) is 11.8 Å². The first-order valence-corrected chi connectivity index (χ1v) is 9.64. The molecular weight excluding hydrogens is 396 g/mol. The Morgan fingerprint density at radius 1 is 1.21 bits per heavy atom. The van der Waals surface area contributed by atoms with E-state index in [9.17, 15) is 14.7 Å². The van der Waals surface area contributed by atoms with E-state index < -0.39 is 6.10 Å². The summed E-state index contributed by atoms with van der Waals surface area (Å²) >= 11 is 5.85. The monoisotopic (exact) mass is 414 g/mol. The highest BCUT2D eigenvalue weighted by Crippen LogP contribution is 2.29. The Bertz CT molecular complexity index is 1030. The number of pyridine rings is 1. The molecule has 0 aliphatic carbocycles. The average Bonchev–Trinajstić information content (AvgIpc) is 3.24. The predicted molar refractivity (Wildman–Crippen MR) is 105 cm³/mol. The number of hydrogen-bond acceptors (Lipinski definition) is 6. The van der Waals surface area contributed by atoms with Crippen LogP contribution in [0.15, 0.2) is 51.9 Å². The lowest BCUT2D eigenvalue weighted by atomic mass is 9.95. The number of H-pyrrole nitrogens is 1. The van der Waals surface area contributed by atoms with Crippen molar-refractivity contribution in [2.24, 2.45) is 0 Å². The number of nitrogens with one attached hydrogen (secondary N) is 1. The molecule has 1 saturated heterocycles. The van der Waals surface area contributed by atoms with Crippen LogP contribution in [0.5, 0.6) is 0 Å². The second kappa shape index (κ2) is 8.18. The zero-order valence-electron chi connectivity index (χ0n) is 15.4. The second-order valence-electron chi connectivity index (χ2n) is 6.95. The molecule has 1 aliphatic heterocycles. The first-order chi connectivity index (χ1) is 14.0. The number of aliphatic hydroxyl groups excluding tert-OH is 1. The summed E-state index contributed by atoms with van der Waals surface area (Å²) in [5.74, 6) is 0.657. The Labute approximate surface area is 171 Å². The molecule has 1 aromatic carbocycles. The first kappa shape index (κ1) is 19.4. The minimum Gasteiger partial charge on any atom is -0.378 e. The first-order valence-electron chi connectivity index (χ1n) is 9.26. The number of aliphatic hydroxyl groups is 1. The van der Waals surface area contributed by atoms with Crippen molar-refractivity contribution in [1.29, 1.82) is 0 Å². The van der Waals surface area contributed by atoms with Crippen LogP contribution in [0.3, 0.4) is 0 Å². The normalized spacial score (nSPS) is 16.0. The van der Waals surface area contributed by atoms with E-state index in [1.807, 2.05) is 0 Å². The van der Waals surface area contributed by atoms with Crippen molar-refractivity contribution in [3.8, 4) is 11.5 Å². The molecule has 1 atom stereocenters. The van der Waals surface area contributed by atoms with Gasteiger partial charge >= 0.3 is 0 Å². The highest BCUT2D eigenvalue weighted by Gasteiger charge is 2.30. The Hall–Kier alpha value is -2.97. The fourth-order valence-corrected chi connectivity index (χ4v) is 3.51. The maximum absolute atomic E-state index is 12.6. The maximum atomic E-state index is 12.6. The SMILES string of the molecule is O=C(C(O)c1ccc(Cl)cc1)N1CCC(c2noc(-c3ccc(=O)[nH]c3)n2)CC1. The summed E-state index contributed by atoms with van der Waals surface area (Å²) in [6, 6.07) is 9.61. The summed E-state index contributed by atoms with van der Waals surface area (Å²) in [6.45, 7) is 0.993. The number of halogens is 1. The molecular formula is C20H19ClN4O4. The van der Waals surface area contributed by atoms with Gasteiger partial charge in [-0.2, -0.15) is 4.98 Å². The molecule has 8 nitrogen and oxygen atoms in total. The minimum atomic E-state index is -1.21. The van der Waals surface area contributed by atoms with Crippen LogP contribution >= 0.6 is 11.6 Å². The fraction of sp³-hybridized carbons (Fsp3) is 0.300. The van der Waals surface area contributed by atoms with Gasteiger partial charge in [-0.15, -0.1) is 0 Å². The van der Waals surface area contributed by atoms with Crippen molar-refractivity contribution in [3.05, 3.63) is 69.4 Å². The van der Waals surface area contributed by atoms with E-state index in [0.29, 0.717) is 53.8 Å². The van der Waals surface area contributed by atoms with Crippen LogP contribution in [0.1, 0.15) is 36.3 Å². The molecule has 3 heterocycles. The number of carbonyl (C=O) groups is 1. The summed E-state index contributed by atoms with van der Waals surface area (Å²) in [7, 11) is 0. The summed E-state index contributed by atoms with van der Waals surface area (Å²) in [5, 5.41) is 15.0. The molecule has 2 aromatic heterocycles. The number of benzene rings is 1. The van der Waals surface area contributed by atoms with Crippen molar-refractivity contribution in [1.82, 2.24) is 20.0 Å². The van der Waals surface area contributed by atoms with Gasteiger partial charge in [0.15, 0.2) is 11.9 Å². The predicted octanol–water partition coefficient (Wildman–Crippen LogP) is 2.52. The summed E-state index contributed by atoms with van der Waals surface area (Å²) in [6.07, 6.45) is 1.66. The molecule has 1 unspecified atom stereocenters. The van der Waals surface area contributed by atoms with E-state index in [1.165, 1.54) is 12.3 Å². The van der Waals surface area contributed by atoms with Crippen molar-refractivity contribution < 1.29 is 14.4 Å². The Balaban J connectivity index is 1.38. The molecule has 2 N–H and O–H groups in total. The maximum Gasteiger partial charge on any atom is 0.259 e. The number of piperidine rings is 1. The van der Waals surface area contributed by atoms with E-state index in [2.05, 4.69) is 15.1 Å². The molecule has 4 rings (SSSR count). The topological polar surface area (TPSA) is 112 Å². The zero-order chi connectivity index (χ0) is 20.4. The van der Waals surface area contributed by atoms with Crippen molar-refractivity contribution in [2.75, 3.05) is 13.1 Å². The Kier molecular flexibility index (Phi) is 5.46. The molecule has 150 valence electrons. The lowest BCUT2D eigenvalue weighted by molar-refractivity contribution is -0.141. The van der Waals surface area contributed by atoms with Gasteiger partial charge in [0, 0.05) is 36.3 Å². The van der Waals surface area contributed by atoms with E-state index in [4.69, 9.17) is 16.1 Å². The van der Waals surface area contributed by atoms with Crippen LogP contribution in [0.4, 0.5) is 0 Å². The quantitative estimate of drug-likeness (QED) is 0.678. The van der Waals surface area contributed by atoms with Crippen molar-refractivity contribution in [2.45, 2.75) is 24.9 Å². The van der Waals surface area contributed by atoms with Gasteiger partial charge in [0.2, 0.25) is 5.56 Å². The molecule has 1 fully saturated rings. The molecule has 0 spiro atoms. The van der Waals surface area contributed by atoms with E-state index >= 15 is 0 Å². The van der Waals surface area contributed by atoms with Gasteiger partial charge in [-0.3, -0.25) is 9.59 Å². The standard InChI is InChI=1S/C20H19ClN4O4/c21-15-4-1-12(2-5-15)17(27)20(28)25-9-7-13(8-10-25)18-23-19(29-24-18)14-3-6-16(26)22-11-14/h1-6,11,13,17,27H,7-10H2,(H,22,26). The van der Waals surface area contributed by atoms with E-state index in [0.717, 1.165) is 0 Å². The van der Waals surface area contributed by atoms with Gasteiger partial charge in [-0.1, -0.05) is 28.9 Å². The second-order valence-corrected chi connectivity index (χ2v) is 7.39. The van der Waals surface area contributed by atoms with Crippen molar-refractivity contribution >= 4 is 17.5 Å². The summed E-state index contributed by atoms with van der Waals surface area (Å²) in [5.41, 5.74) is 0.957. The van der Waals surface area contributed by atoms with E-state index in [1.54, 1.807) is 35.2 Å². The number of aromatic nitrogens is 3. The Morgan fingerprint density at radius 2 is 1.93 bits per heavy atom. The smallest absolute Gasteiger partial charge is 0.259 e. The highest BCUT2D eigenvalue weighted by atomic mass is 35.5. The van der Waals surface area contributed by atoms with Gasteiger partial charge in [0.05, 0.1) is 5.56 Å². The number of hydrogen-bond donors (Lipinski definition) is 2.